The number of nitrogens with two attached hydrogens (primary N) is 1. The molecule has 1 amide bonds. The number of morpholine rings is 1. The van der Waals surface area contributed by atoms with Crippen LogP contribution in [-0.4, -0.2) is 56.2 Å². The first-order chi connectivity index (χ1) is 13.2. The third-order valence-electron chi connectivity index (χ3n) is 5.15. The topological polar surface area (TPSA) is 58.8 Å². The molecular formula is C22H29N3O2. The lowest BCUT2D eigenvalue weighted by atomic mass is 10.0. The molecule has 1 unspecified atom stereocenters. The van der Waals surface area contributed by atoms with Crippen LogP contribution in [0.4, 0.5) is 5.69 Å². The monoisotopic (exact) mass is 367 g/mol. The Bertz CT molecular complexity index is 739. The van der Waals surface area contributed by atoms with Crippen LogP contribution in [0.1, 0.15) is 24.2 Å². The molecule has 1 saturated heterocycles. The summed E-state index contributed by atoms with van der Waals surface area (Å²) in [6.45, 7) is 8.48. The van der Waals surface area contributed by atoms with Gasteiger partial charge in [0.05, 0.1) is 12.7 Å². The normalized spacial score (nSPS) is 17.0. The van der Waals surface area contributed by atoms with E-state index < -0.39 is 0 Å². The van der Waals surface area contributed by atoms with Gasteiger partial charge in [0.2, 0.25) is 0 Å². The molecule has 1 fully saturated rings. The molecule has 1 aliphatic heterocycles. The van der Waals surface area contributed by atoms with Crippen LogP contribution in [-0.2, 0) is 4.74 Å². The maximum absolute atomic E-state index is 12.7. The lowest BCUT2D eigenvalue weighted by Gasteiger charge is -2.32. The predicted molar refractivity (Wildman–Crippen MR) is 110 cm³/mol. The number of rotatable bonds is 6. The smallest absolute Gasteiger partial charge is 0.254 e. The molecule has 2 aromatic rings. The zero-order chi connectivity index (χ0) is 19.2. The lowest BCUT2D eigenvalue weighted by Crippen LogP contribution is -2.48. The Kier molecular flexibility index (Phi) is 6.48. The van der Waals surface area contributed by atoms with Gasteiger partial charge in [0.1, 0.15) is 0 Å². The highest BCUT2D eigenvalue weighted by molar-refractivity contribution is 5.94. The summed E-state index contributed by atoms with van der Waals surface area (Å²) in [5.41, 5.74) is 9.87. The summed E-state index contributed by atoms with van der Waals surface area (Å²) < 4.78 is 5.54. The minimum Gasteiger partial charge on any atom is -0.373 e. The maximum atomic E-state index is 12.7. The standard InChI is InChI=1S/C22H29N3O2/c1-3-24(4-2)20-11-9-18(10-12-20)17-5-7-19(8-6-17)22(26)25-13-14-27-21(15-23)16-25/h5-12,21H,3-4,13-16,23H2,1-2H3. The number of amides is 1. The van der Waals surface area contributed by atoms with Gasteiger partial charge in [-0.1, -0.05) is 24.3 Å². The van der Waals surface area contributed by atoms with Crippen molar-refractivity contribution >= 4 is 11.6 Å². The van der Waals surface area contributed by atoms with Crippen molar-refractivity contribution in [2.75, 3.05) is 44.2 Å². The van der Waals surface area contributed by atoms with E-state index in [1.54, 1.807) is 0 Å². The van der Waals surface area contributed by atoms with Crippen molar-refractivity contribution in [3.05, 3.63) is 54.1 Å². The second kappa shape index (κ2) is 9.02. The van der Waals surface area contributed by atoms with Crippen molar-refractivity contribution in [3.63, 3.8) is 0 Å². The second-order valence-electron chi connectivity index (χ2n) is 6.78. The Morgan fingerprint density at radius 1 is 1.07 bits per heavy atom. The van der Waals surface area contributed by atoms with Crippen LogP contribution in [0.25, 0.3) is 11.1 Å². The number of carbonyl (C=O) groups excluding carboxylic acids is 1. The molecule has 0 aliphatic carbocycles. The number of anilines is 1. The van der Waals surface area contributed by atoms with Crippen LogP contribution in [0, 0.1) is 0 Å². The molecule has 1 atom stereocenters. The van der Waals surface area contributed by atoms with Crippen molar-refractivity contribution in [2.24, 2.45) is 5.73 Å². The Balaban J connectivity index is 1.70. The number of ether oxygens (including phenoxy) is 1. The SMILES string of the molecule is CCN(CC)c1ccc(-c2ccc(C(=O)N3CCOC(CN)C3)cc2)cc1. The largest absolute Gasteiger partial charge is 0.373 e. The van der Waals surface area contributed by atoms with Crippen LogP contribution < -0.4 is 10.6 Å². The third-order valence-corrected chi connectivity index (χ3v) is 5.15. The van der Waals surface area contributed by atoms with Crippen LogP contribution in [0.3, 0.4) is 0 Å². The van der Waals surface area contributed by atoms with E-state index in [1.807, 2.05) is 29.2 Å². The number of hydrogen-bond acceptors (Lipinski definition) is 4. The quantitative estimate of drug-likeness (QED) is 0.853. The average Bonchev–Trinajstić information content (AvgIpc) is 2.75. The highest BCUT2D eigenvalue weighted by Gasteiger charge is 2.24. The Labute approximate surface area is 161 Å². The molecule has 0 saturated carbocycles. The van der Waals surface area contributed by atoms with Gasteiger partial charge in [-0.15, -0.1) is 0 Å². The summed E-state index contributed by atoms with van der Waals surface area (Å²) in [6.07, 6.45) is -0.0636. The molecule has 144 valence electrons. The molecule has 2 aromatic carbocycles. The molecule has 0 bridgehead atoms. The molecule has 5 nitrogen and oxygen atoms in total. The van der Waals surface area contributed by atoms with Crippen molar-refractivity contribution in [1.29, 1.82) is 0 Å². The number of benzene rings is 2. The van der Waals surface area contributed by atoms with E-state index >= 15 is 0 Å². The summed E-state index contributed by atoms with van der Waals surface area (Å²) in [5.74, 6) is 0.0418. The maximum Gasteiger partial charge on any atom is 0.254 e. The van der Waals surface area contributed by atoms with Gasteiger partial charge in [-0.25, -0.2) is 0 Å². The van der Waals surface area contributed by atoms with Gasteiger partial charge in [-0.05, 0) is 49.2 Å². The van der Waals surface area contributed by atoms with E-state index in [1.165, 1.54) is 5.69 Å². The summed E-state index contributed by atoms with van der Waals surface area (Å²) in [6, 6.07) is 16.4. The van der Waals surface area contributed by atoms with Gasteiger partial charge in [-0.3, -0.25) is 4.79 Å². The first kappa shape index (κ1) is 19.4. The molecule has 0 aromatic heterocycles. The highest BCUT2D eigenvalue weighted by atomic mass is 16.5. The minimum atomic E-state index is -0.0636. The molecule has 5 heteroatoms. The van der Waals surface area contributed by atoms with Crippen molar-refractivity contribution < 1.29 is 9.53 Å². The Morgan fingerprint density at radius 3 is 2.22 bits per heavy atom. The Hall–Kier alpha value is -2.37. The second-order valence-corrected chi connectivity index (χ2v) is 6.78. The van der Waals surface area contributed by atoms with Gasteiger partial charge in [0.25, 0.3) is 5.91 Å². The van der Waals surface area contributed by atoms with Gasteiger partial charge >= 0.3 is 0 Å². The minimum absolute atomic E-state index is 0.0418. The van der Waals surface area contributed by atoms with Crippen LogP contribution in [0.2, 0.25) is 0 Å². The molecule has 0 radical (unpaired) electrons. The number of hydrogen-bond donors (Lipinski definition) is 1. The molecule has 0 spiro atoms. The zero-order valence-electron chi connectivity index (χ0n) is 16.2. The van der Waals surface area contributed by atoms with E-state index in [4.69, 9.17) is 10.5 Å². The third kappa shape index (κ3) is 4.49. The zero-order valence-corrected chi connectivity index (χ0v) is 16.2. The van der Waals surface area contributed by atoms with Gasteiger partial charge < -0.3 is 20.3 Å². The molecule has 3 rings (SSSR count). The molecular weight excluding hydrogens is 338 g/mol. The van der Waals surface area contributed by atoms with Crippen LogP contribution in [0.15, 0.2) is 48.5 Å². The van der Waals surface area contributed by atoms with Crippen molar-refractivity contribution in [2.45, 2.75) is 20.0 Å². The van der Waals surface area contributed by atoms with E-state index in [0.29, 0.717) is 31.8 Å². The first-order valence-corrected chi connectivity index (χ1v) is 9.72. The lowest BCUT2D eigenvalue weighted by molar-refractivity contribution is -0.0167. The van der Waals surface area contributed by atoms with E-state index in [9.17, 15) is 4.79 Å². The number of carbonyl (C=O) groups is 1. The highest BCUT2D eigenvalue weighted by Crippen LogP contribution is 2.24. The molecule has 1 heterocycles. The van der Waals surface area contributed by atoms with Gasteiger partial charge in [0, 0.05) is 44.0 Å². The fourth-order valence-corrected chi connectivity index (χ4v) is 3.49. The first-order valence-electron chi connectivity index (χ1n) is 9.72. The Morgan fingerprint density at radius 2 is 1.67 bits per heavy atom. The number of nitrogens with zero attached hydrogens (tertiary/aromatic N) is 2. The van der Waals surface area contributed by atoms with Gasteiger partial charge in [-0.2, -0.15) is 0 Å². The van der Waals surface area contributed by atoms with E-state index in [2.05, 4.69) is 43.0 Å². The fourth-order valence-electron chi connectivity index (χ4n) is 3.49. The average molecular weight is 367 g/mol. The summed E-state index contributed by atoms with van der Waals surface area (Å²) in [5, 5.41) is 0. The molecule has 27 heavy (non-hydrogen) atoms. The van der Waals surface area contributed by atoms with Crippen LogP contribution >= 0.6 is 0 Å². The summed E-state index contributed by atoms with van der Waals surface area (Å²) in [7, 11) is 0. The van der Waals surface area contributed by atoms with Crippen LogP contribution in [0.5, 0.6) is 0 Å². The van der Waals surface area contributed by atoms with Gasteiger partial charge in [0.15, 0.2) is 0 Å². The summed E-state index contributed by atoms with van der Waals surface area (Å²) >= 11 is 0. The van der Waals surface area contributed by atoms with Crippen molar-refractivity contribution in [3.8, 4) is 11.1 Å². The molecule has 1 aliphatic rings. The summed E-state index contributed by atoms with van der Waals surface area (Å²) in [4.78, 5) is 16.9. The van der Waals surface area contributed by atoms with E-state index in [-0.39, 0.29) is 12.0 Å². The predicted octanol–water partition coefficient (Wildman–Crippen LogP) is 3.00. The molecule has 2 N–H and O–H groups in total. The van der Waals surface area contributed by atoms with E-state index in [0.717, 1.165) is 24.2 Å². The fraction of sp³-hybridized carbons (Fsp3) is 0.409. The van der Waals surface area contributed by atoms with Crippen molar-refractivity contribution in [1.82, 2.24) is 4.90 Å².